The number of rotatable bonds is 7. The van der Waals surface area contributed by atoms with Crippen LogP contribution in [0.3, 0.4) is 0 Å². The van der Waals surface area contributed by atoms with Gasteiger partial charge in [-0.15, -0.1) is 0 Å². The highest BCUT2D eigenvalue weighted by Crippen LogP contribution is 2.38. The van der Waals surface area contributed by atoms with Gasteiger partial charge in [-0.1, -0.05) is 76.6 Å². The van der Waals surface area contributed by atoms with Crippen LogP contribution in [0.4, 0.5) is 4.79 Å². The summed E-state index contributed by atoms with van der Waals surface area (Å²) in [5.74, 6) is 0.750. The average molecular weight is 560 g/mol. The van der Waals surface area contributed by atoms with Crippen molar-refractivity contribution in [2.45, 2.75) is 13.2 Å². The maximum Gasteiger partial charge on any atom is 0.293 e. The van der Waals surface area contributed by atoms with E-state index in [0.717, 1.165) is 38.1 Å². The minimum atomic E-state index is -0.320. The summed E-state index contributed by atoms with van der Waals surface area (Å²) < 4.78 is 12.6. The van der Waals surface area contributed by atoms with Gasteiger partial charge in [0.05, 0.1) is 18.6 Å². The van der Waals surface area contributed by atoms with Crippen molar-refractivity contribution in [3.63, 3.8) is 0 Å². The third kappa shape index (κ3) is 5.17. The molecule has 1 aliphatic heterocycles. The molecule has 2 amide bonds. The van der Waals surface area contributed by atoms with Gasteiger partial charge in [0, 0.05) is 10.0 Å². The van der Waals surface area contributed by atoms with Crippen LogP contribution in [0.2, 0.25) is 0 Å². The van der Waals surface area contributed by atoms with E-state index in [1.165, 1.54) is 4.90 Å². The van der Waals surface area contributed by atoms with E-state index in [9.17, 15) is 9.59 Å². The number of fused-ring (bicyclic) bond motifs is 1. The van der Waals surface area contributed by atoms with Crippen molar-refractivity contribution in [3.05, 3.63) is 111 Å². The number of hydrogen-bond acceptors (Lipinski definition) is 5. The molecule has 180 valence electrons. The quantitative estimate of drug-likeness (QED) is 0.220. The fraction of sp³-hybridized carbons (Fsp3) is 0.103. The van der Waals surface area contributed by atoms with E-state index in [1.54, 1.807) is 19.3 Å². The number of amides is 2. The molecule has 0 atom stereocenters. The van der Waals surface area contributed by atoms with Crippen LogP contribution >= 0.6 is 27.7 Å². The fourth-order valence-electron chi connectivity index (χ4n) is 4.00. The molecule has 0 aliphatic carbocycles. The molecule has 1 fully saturated rings. The molecule has 4 aromatic rings. The summed E-state index contributed by atoms with van der Waals surface area (Å²) in [6.45, 7) is 0.551. The molecule has 0 bridgehead atoms. The van der Waals surface area contributed by atoms with Gasteiger partial charge in [-0.05, 0) is 64.0 Å². The zero-order valence-electron chi connectivity index (χ0n) is 19.4. The summed E-state index contributed by atoms with van der Waals surface area (Å²) in [5, 5.41) is 1.89. The Labute approximate surface area is 221 Å². The van der Waals surface area contributed by atoms with E-state index in [-0.39, 0.29) is 17.7 Å². The van der Waals surface area contributed by atoms with Crippen LogP contribution in [-0.4, -0.2) is 23.2 Å². The molecule has 0 radical (unpaired) electrons. The van der Waals surface area contributed by atoms with E-state index in [4.69, 9.17) is 9.47 Å². The highest BCUT2D eigenvalue weighted by Gasteiger charge is 2.35. The largest absolute Gasteiger partial charge is 0.493 e. The first-order valence-corrected chi connectivity index (χ1v) is 12.9. The fourth-order valence-corrected chi connectivity index (χ4v) is 5.09. The van der Waals surface area contributed by atoms with Gasteiger partial charge in [0.1, 0.15) is 6.61 Å². The first-order chi connectivity index (χ1) is 17.5. The maximum absolute atomic E-state index is 13.2. The van der Waals surface area contributed by atoms with Gasteiger partial charge in [-0.3, -0.25) is 14.5 Å². The minimum Gasteiger partial charge on any atom is -0.493 e. The molecule has 0 spiro atoms. The van der Waals surface area contributed by atoms with E-state index < -0.39 is 0 Å². The molecule has 0 N–H and O–H groups in total. The van der Waals surface area contributed by atoms with Crippen LogP contribution in [-0.2, 0) is 17.9 Å². The van der Waals surface area contributed by atoms with Gasteiger partial charge >= 0.3 is 0 Å². The van der Waals surface area contributed by atoms with Gasteiger partial charge < -0.3 is 9.47 Å². The van der Waals surface area contributed by atoms with Crippen molar-refractivity contribution in [3.8, 4) is 11.5 Å². The van der Waals surface area contributed by atoms with Crippen LogP contribution in [0.25, 0.3) is 16.8 Å². The van der Waals surface area contributed by atoms with Crippen LogP contribution < -0.4 is 9.47 Å². The summed E-state index contributed by atoms with van der Waals surface area (Å²) >= 11 is 4.37. The molecular formula is C29H22BrNO4S. The number of carbonyl (C=O) groups is 2. The Hall–Kier alpha value is -3.55. The SMILES string of the molecule is COc1cccc(/C=C2\SC(=O)N(Cc3ccc4ccccc4c3)C2=O)c1OCc1ccc(Br)cc1. The molecule has 5 nitrogen and oxygen atoms in total. The zero-order valence-corrected chi connectivity index (χ0v) is 21.8. The van der Waals surface area contributed by atoms with Crippen molar-refractivity contribution in [1.29, 1.82) is 0 Å². The summed E-state index contributed by atoms with van der Waals surface area (Å²) in [4.78, 5) is 27.6. The molecule has 0 saturated carbocycles. The molecule has 0 unspecified atom stereocenters. The number of methoxy groups -OCH3 is 1. The van der Waals surface area contributed by atoms with Gasteiger partial charge in [0.25, 0.3) is 11.1 Å². The lowest BCUT2D eigenvalue weighted by Crippen LogP contribution is -2.27. The van der Waals surface area contributed by atoms with Crippen molar-refractivity contribution < 1.29 is 19.1 Å². The number of thioether (sulfide) groups is 1. The molecule has 1 heterocycles. The first kappa shape index (κ1) is 24.2. The second-order valence-corrected chi connectivity index (χ2v) is 10.2. The minimum absolute atomic E-state index is 0.220. The second-order valence-electron chi connectivity index (χ2n) is 8.24. The Kier molecular flexibility index (Phi) is 7.11. The van der Waals surface area contributed by atoms with E-state index in [0.29, 0.717) is 28.6 Å². The van der Waals surface area contributed by atoms with E-state index in [1.807, 2.05) is 78.9 Å². The molecule has 1 saturated heterocycles. The zero-order chi connectivity index (χ0) is 25.1. The number of imide groups is 1. The summed E-state index contributed by atoms with van der Waals surface area (Å²) in [6, 6.07) is 27.3. The summed E-state index contributed by atoms with van der Waals surface area (Å²) in [6.07, 6.45) is 1.70. The van der Waals surface area contributed by atoms with Gasteiger partial charge in [0.2, 0.25) is 0 Å². The average Bonchev–Trinajstić information content (AvgIpc) is 3.16. The lowest BCUT2D eigenvalue weighted by atomic mass is 10.1. The third-order valence-electron chi connectivity index (χ3n) is 5.84. The standard InChI is InChI=1S/C29H22BrNO4S/c1-34-25-8-4-7-23(27(25)35-18-19-10-13-24(30)14-11-19)16-26-28(32)31(29(33)36-26)17-20-9-12-21-5-2-3-6-22(21)15-20/h2-16H,17-18H2,1H3/b26-16-. The number of hydrogen-bond donors (Lipinski definition) is 0. The predicted molar refractivity (Wildman–Crippen MR) is 147 cm³/mol. The summed E-state index contributed by atoms with van der Waals surface area (Å²) in [7, 11) is 1.57. The van der Waals surface area contributed by atoms with Crippen molar-refractivity contribution in [2.75, 3.05) is 7.11 Å². The van der Waals surface area contributed by atoms with Crippen molar-refractivity contribution in [2.24, 2.45) is 0 Å². The van der Waals surface area contributed by atoms with Gasteiger partial charge in [0.15, 0.2) is 11.5 Å². The number of para-hydroxylation sites is 1. The second kappa shape index (κ2) is 10.6. The Balaban J connectivity index is 1.38. The Morgan fingerprint density at radius 1 is 0.889 bits per heavy atom. The van der Waals surface area contributed by atoms with Crippen molar-refractivity contribution in [1.82, 2.24) is 4.90 Å². The molecule has 36 heavy (non-hydrogen) atoms. The smallest absolute Gasteiger partial charge is 0.293 e. The summed E-state index contributed by atoms with van der Waals surface area (Å²) in [5.41, 5.74) is 2.56. The molecular weight excluding hydrogens is 538 g/mol. The van der Waals surface area contributed by atoms with Crippen LogP contribution in [0.1, 0.15) is 16.7 Å². The highest BCUT2D eigenvalue weighted by molar-refractivity contribution is 9.10. The van der Waals surface area contributed by atoms with Crippen molar-refractivity contribution >= 4 is 55.7 Å². The topological polar surface area (TPSA) is 55.8 Å². The lowest BCUT2D eigenvalue weighted by molar-refractivity contribution is -0.123. The number of ether oxygens (including phenoxy) is 2. The molecule has 7 heteroatoms. The van der Waals surface area contributed by atoms with Crippen LogP contribution in [0, 0.1) is 0 Å². The Morgan fingerprint density at radius 3 is 2.42 bits per heavy atom. The number of carbonyl (C=O) groups excluding carboxylic acids is 2. The first-order valence-electron chi connectivity index (χ1n) is 11.3. The number of nitrogens with zero attached hydrogens (tertiary/aromatic N) is 1. The lowest BCUT2D eigenvalue weighted by Gasteiger charge is -2.14. The van der Waals surface area contributed by atoms with E-state index >= 15 is 0 Å². The molecule has 0 aromatic heterocycles. The monoisotopic (exact) mass is 559 g/mol. The van der Waals surface area contributed by atoms with E-state index in [2.05, 4.69) is 15.9 Å². The molecule has 1 aliphatic rings. The number of benzene rings is 4. The highest BCUT2D eigenvalue weighted by atomic mass is 79.9. The maximum atomic E-state index is 13.2. The van der Waals surface area contributed by atoms with Gasteiger partial charge in [-0.2, -0.15) is 0 Å². The molecule has 4 aromatic carbocycles. The number of halogens is 1. The third-order valence-corrected chi connectivity index (χ3v) is 7.28. The van der Waals surface area contributed by atoms with Crippen LogP contribution in [0.15, 0.2) is 94.3 Å². The normalized spacial score (nSPS) is 14.6. The Bertz CT molecular complexity index is 1480. The molecule has 5 rings (SSSR count). The Morgan fingerprint density at radius 2 is 1.64 bits per heavy atom. The predicted octanol–water partition coefficient (Wildman–Crippen LogP) is 7.43. The van der Waals surface area contributed by atoms with Gasteiger partial charge in [-0.25, -0.2) is 0 Å². The van der Waals surface area contributed by atoms with Crippen LogP contribution in [0.5, 0.6) is 11.5 Å².